The first-order valence-electron chi connectivity index (χ1n) is 8.79. The van der Waals surface area contributed by atoms with E-state index in [2.05, 4.69) is 19.9 Å². The number of nitrogens with zero attached hydrogens (tertiary/aromatic N) is 2. The van der Waals surface area contributed by atoms with Crippen LogP contribution in [0.25, 0.3) is 0 Å². The van der Waals surface area contributed by atoms with E-state index in [4.69, 9.17) is 0 Å². The molecule has 0 saturated heterocycles. The Kier molecular flexibility index (Phi) is 6.36. The van der Waals surface area contributed by atoms with Crippen LogP contribution in [0.1, 0.15) is 23.0 Å². The Hall–Kier alpha value is -2.69. The van der Waals surface area contributed by atoms with Gasteiger partial charge in [0.1, 0.15) is 0 Å². The molecule has 0 aliphatic heterocycles. The highest BCUT2D eigenvalue weighted by molar-refractivity contribution is 7.89. The molecule has 1 atom stereocenters. The van der Waals surface area contributed by atoms with E-state index in [0.29, 0.717) is 5.69 Å². The van der Waals surface area contributed by atoms with Crippen LogP contribution in [0.2, 0.25) is 0 Å². The molecule has 29 heavy (non-hydrogen) atoms. The van der Waals surface area contributed by atoms with E-state index in [0.717, 1.165) is 17.0 Å². The summed E-state index contributed by atoms with van der Waals surface area (Å²) in [6.45, 7) is 4.01. The van der Waals surface area contributed by atoms with Gasteiger partial charge in [0.15, 0.2) is 0 Å². The number of hydrogen-bond acceptors (Lipinski definition) is 6. The summed E-state index contributed by atoms with van der Waals surface area (Å²) in [5.41, 5.74) is 3.26. The first kappa shape index (κ1) is 21.0. The second-order valence-electron chi connectivity index (χ2n) is 6.44. The molecular weight excluding hydrogens is 412 g/mol. The average molecular weight is 435 g/mol. The second kappa shape index (κ2) is 8.76. The van der Waals surface area contributed by atoms with Crippen LogP contribution < -0.4 is 10.0 Å². The number of sulfonamides is 1. The number of thiophene rings is 1. The molecule has 0 aliphatic rings. The summed E-state index contributed by atoms with van der Waals surface area (Å²) in [7, 11) is -2.49. The van der Waals surface area contributed by atoms with Gasteiger partial charge in [-0.25, -0.2) is 17.9 Å². The number of carbonyl (C=O) groups is 1. The zero-order valence-corrected chi connectivity index (χ0v) is 17.9. The van der Waals surface area contributed by atoms with E-state index >= 15 is 0 Å². The zero-order chi connectivity index (χ0) is 21.0. The highest BCUT2D eigenvalue weighted by Crippen LogP contribution is 2.23. The summed E-state index contributed by atoms with van der Waals surface area (Å²) >= 11 is 1.55. The molecule has 0 saturated carbocycles. The number of aromatic nitrogens is 2. The van der Waals surface area contributed by atoms with Crippen molar-refractivity contribution in [3.8, 4) is 0 Å². The SMILES string of the molecule is COC(=O)Nc1ccc(S(=O)(=O)NC[C@H](c2ccsc2)n2nc(C)cc2C)cc1. The van der Waals surface area contributed by atoms with Gasteiger partial charge in [-0.2, -0.15) is 16.4 Å². The van der Waals surface area contributed by atoms with Gasteiger partial charge in [0.2, 0.25) is 10.0 Å². The average Bonchev–Trinajstić information content (AvgIpc) is 3.32. The Bertz CT molecular complexity index is 1070. The van der Waals surface area contributed by atoms with Crippen LogP contribution in [0.5, 0.6) is 0 Å². The van der Waals surface area contributed by atoms with Crippen LogP contribution in [0.3, 0.4) is 0 Å². The van der Waals surface area contributed by atoms with Crippen molar-refractivity contribution in [2.45, 2.75) is 24.8 Å². The van der Waals surface area contributed by atoms with E-state index in [1.54, 1.807) is 11.3 Å². The second-order valence-corrected chi connectivity index (χ2v) is 8.98. The predicted molar refractivity (Wildman–Crippen MR) is 112 cm³/mol. The third-order valence-electron chi connectivity index (χ3n) is 4.33. The van der Waals surface area contributed by atoms with Gasteiger partial charge in [0, 0.05) is 17.9 Å². The van der Waals surface area contributed by atoms with Gasteiger partial charge in [-0.05, 0) is 66.6 Å². The Morgan fingerprint density at radius 3 is 2.52 bits per heavy atom. The number of aryl methyl sites for hydroxylation is 2. The smallest absolute Gasteiger partial charge is 0.411 e. The Morgan fingerprint density at radius 2 is 1.97 bits per heavy atom. The fourth-order valence-electron chi connectivity index (χ4n) is 2.93. The molecule has 1 aromatic carbocycles. The fraction of sp³-hybridized carbons (Fsp3) is 0.263. The number of benzene rings is 1. The molecule has 2 aromatic heterocycles. The minimum absolute atomic E-state index is 0.102. The fourth-order valence-corrected chi connectivity index (χ4v) is 4.68. The summed E-state index contributed by atoms with van der Waals surface area (Å²) in [5, 5.41) is 10.9. The molecule has 8 nitrogen and oxygen atoms in total. The monoisotopic (exact) mass is 434 g/mol. The topological polar surface area (TPSA) is 102 Å². The van der Waals surface area contributed by atoms with Crippen molar-refractivity contribution >= 4 is 33.1 Å². The first-order valence-corrected chi connectivity index (χ1v) is 11.2. The molecule has 3 aromatic rings. The maximum Gasteiger partial charge on any atom is 0.411 e. The Labute approximate surface area is 173 Å². The molecule has 10 heteroatoms. The van der Waals surface area contributed by atoms with Gasteiger partial charge in [0.05, 0.1) is 23.7 Å². The summed E-state index contributed by atoms with van der Waals surface area (Å²) in [5.74, 6) is 0. The third-order valence-corrected chi connectivity index (χ3v) is 6.47. The van der Waals surface area contributed by atoms with E-state index in [-0.39, 0.29) is 17.5 Å². The molecule has 154 valence electrons. The van der Waals surface area contributed by atoms with Gasteiger partial charge in [-0.1, -0.05) is 0 Å². The highest BCUT2D eigenvalue weighted by Gasteiger charge is 2.22. The highest BCUT2D eigenvalue weighted by atomic mass is 32.2. The maximum absolute atomic E-state index is 12.8. The summed E-state index contributed by atoms with van der Waals surface area (Å²) in [6, 6.07) is 9.53. The zero-order valence-electron chi connectivity index (χ0n) is 16.2. The molecule has 0 radical (unpaired) electrons. The minimum Gasteiger partial charge on any atom is -0.453 e. The van der Waals surface area contributed by atoms with Gasteiger partial charge in [0.25, 0.3) is 0 Å². The summed E-state index contributed by atoms with van der Waals surface area (Å²) < 4.78 is 34.6. The molecule has 2 N–H and O–H groups in total. The van der Waals surface area contributed by atoms with Gasteiger partial charge in [-0.3, -0.25) is 10.00 Å². The summed E-state index contributed by atoms with van der Waals surface area (Å²) in [4.78, 5) is 11.3. The molecule has 3 rings (SSSR count). The van der Waals surface area contributed by atoms with Gasteiger partial charge < -0.3 is 4.74 Å². The van der Waals surface area contributed by atoms with E-state index in [9.17, 15) is 13.2 Å². The van der Waals surface area contributed by atoms with Crippen molar-refractivity contribution in [2.75, 3.05) is 19.0 Å². The third kappa shape index (κ3) is 5.03. The lowest BCUT2D eigenvalue weighted by molar-refractivity contribution is 0.187. The normalized spacial score (nSPS) is 12.5. The lowest BCUT2D eigenvalue weighted by Crippen LogP contribution is -2.32. The molecule has 0 unspecified atom stereocenters. The number of hydrogen-bond donors (Lipinski definition) is 2. The van der Waals surface area contributed by atoms with E-state index in [1.165, 1.54) is 31.4 Å². The summed E-state index contributed by atoms with van der Waals surface area (Å²) in [6.07, 6.45) is -0.623. The van der Waals surface area contributed by atoms with Crippen LogP contribution in [0, 0.1) is 13.8 Å². The van der Waals surface area contributed by atoms with Crippen molar-refractivity contribution in [3.63, 3.8) is 0 Å². The van der Waals surface area contributed by atoms with Crippen LogP contribution in [0.15, 0.2) is 52.1 Å². The van der Waals surface area contributed by atoms with Crippen molar-refractivity contribution in [3.05, 3.63) is 64.1 Å². The molecular formula is C19H22N4O4S2. The van der Waals surface area contributed by atoms with Crippen molar-refractivity contribution in [1.29, 1.82) is 0 Å². The van der Waals surface area contributed by atoms with Gasteiger partial charge >= 0.3 is 6.09 Å². The lowest BCUT2D eigenvalue weighted by Gasteiger charge is -2.19. The van der Waals surface area contributed by atoms with Crippen molar-refractivity contribution < 1.29 is 17.9 Å². The largest absolute Gasteiger partial charge is 0.453 e. The van der Waals surface area contributed by atoms with Crippen molar-refractivity contribution in [2.24, 2.45) is 0 Å². The number of methoxy groups -OCH3 is 1. The molecule has 2 heterocycles. The van der Waals surface area contributed by atoms with Crippen LogP contribution >= 0.6 is 11.3 Å². The van der Waals surface area contributed by atoms with E-state index in [1.807, 2.05) is 41.4 Å². The Morgan fingerprint density at radius 1 is 1.24 bits per heavy atom. The standard InChI is InChI=1S/C19H22N4O4S2/c1-13-10-14(2)23(22-13)18(15-8-9-28-12-15)11-20-29(25,26)17-6-4-16(5-7-17)21-19(24)27-3/h4-10,12,18,20H,11H2,1-3H3,(H,21,24)/t18-/m1/s1. The minimum atomic E-state index is -3.74. The quantitative estimate of drug-likeness (QED) is 0.594. The predicted octanol–water partition coefficient (Wildman–Crippen LogP) is 3.31. The maximum atomic E-state index is 12.8. The molecule has 1 amide bonds. The van der Waals surface area contributed by atoms with Crippen LogP contribution in [-0.2, 0) is 14.8 Å². The number of amides is 1. The number of anilines is 1. The number of carbonyl (C=O) groups excluding carboxylic acids is 1. The van der Waals surface area contributed by atoms with Gasteiger partial charge in [-0.15, -0.1) is 0 Å². The first-order chi connectivity index (χ1) is 13.8. The van der Waals surface area contributed by atoms with E-state index < -0.39 is 16.1 Å². The molecule has 0 fully saturated rings. The number of rotatable bonds is 7. The van der Waals surface area contributed by atoms with Crippen molar-refractivity contribution in [1.82, 2.24) is 14.5 Å². The molecule has 0 bridgehead atoms. The van der Waals surface area contributed by atoms with Crippen LogP contribution in [0.4, 0.5) is 10.5 Å². The lowest BCUT2D eigenvalue weighted by atomic mass is 10.1. The number of ether oxygens (including phenoxy) is 1. The Balaban J connectivity index is 1.78. The number of nitrogens with one attached hydrogen (secondary N) is 2. The molecule has 0 spiro atoms. The molecule has 0 aliphatic carbocycles. The van der Waals surface area contributed by atoms with Crippen LogP contribution in [-0.4, -0.2) is 37.9 Å².